The van der Waals surface area contributed by atoms with Crippen LogP contribution in [0.1, 0.15) is 40.9 Å². The van der Waals surface area contributed by atoms with Crippen LogP contribution in [-0.2, 0) is 19.4 Å². The van der Waals surface area contributed by atoms with Crippen LogP contribution in [-0.4, -0.2) is 38.7 Å². The molecule has 4 rings (SSSR count). The highest BCUT2D eigenvalue weighted by Crippen LogP contribution is 2.30. The number of carboxylic acid groups (broad SMARTS) is 1. The number of nitrogens with zero attached hydrogens (tertiary/aromatic N) is 4. The maximum Gasteiger partial charge on any atom is 0.339 e. The minimum absolute atomic E-state index is 0.360. The van der Waals surface area contributed by atoms with Gasteiger partial charge in [0.1, 0.15) is 11.4 Å². The van der Waals surface area contributed by atoms with Crippen LogP contribution in [0.25, 0.3) is 0 Å². The summed E-state index contributed by atoms with van der Waals surface area (Å²) < 4.78 is 2.10. The molecule has 126 valence electrons. The number of pyridine rings is 1. The average Bonchev–Trinajstić information content (AvgIpc) is 3.24. The summed E-state index contributed by atoms with van der Waals surface area (Å²) in [5, 5.41) is 9.62. The molecule has 0 amide bonds. The molecular weight excluding hydrogens is 304 g/mol. The van der Waals surface area contributed by atoms with Crippen molar-refractivity contribution in [1.82, 2.24) is 14.5 Å². The number of hydrogen-bond acceptors (Lipinski definition) is 4. The zero-order valence-corrected chi connectivity index (χ0v) is 13.7. The molecule has 1 atom stereocenters. The number of imidazole rings is 1. The van der Waals surface area contributed by atoms with Crippen LogP contribution in [0, 0.1) is 5.92 Å². The Morgan fingerprint density at radius 2 is 2.25 bits per heavy atom. The van der Waals surface area contributed by atoms with Gasteiger partial charge in [-0.2, -0.15) is 0 Å². The molecule has 0 saturated carbocycles. The zero-order valence-electron chi connectivity index (χ0n) is 13.7. The van der Waals surface area contributed by atoms with E-state index < -0.39 is 5.97 Å². The number of aromatic carboxylic acids is 1. The number of rotatable bonds is 4. The van der Waals surface area contributed by atoms with Gasteiger partial charge >= 0.3 is 5.97 Å². The van der Waals surface area contributed by atoms with Crippen molar-refractivity contribution in [1.29, 1.82) is 0 Å². The van der Waals surface area contributed by atoms with Gasteiger partial charge in [-0.05, 0) is 49.7 Å². The van der Waals surface area contributed by atoms with E-state index in [0.717, 1.165) is 63.0 Å². The Morgan fingerprint density at radius 3 is 3.04 bits per heavy atom. The number of carbonyl (C=O) groups is 1. The van der Waals surface area contributed by atoms with E-state index in [1.807, 2.05) is 18.6 Å². The van der Waals surface area contributed by atoms with Crippen molar-refractivity contribution < 1.29 is 9.90 Å². The molecule has 6 nitrogen and oxygen atoms in total. The number of anilines is 1. The predicted molar refractivity (Wildman–Crippen MR) is 90.4 cm³/mol. The lowest BCUT2D eigenvalue weighted by Crippen LogP contribution is -2.38. The molecule has 0 radical (unpaired) electrons. The Hall–Kier alpha value is -2.37. The molecule has 3 heterocycles. The quantitative estimate of drug-likeness (QED) is 0.934. The molecule has 24 heavy (non-hydrogen) atoms. The molecule has 0 aromatic carbocycles. The van der Waals surface area contributed by atoms with Gasteiger partial charge in [0, 0.05) is 37.7 Å². The first-order valence-corrected chi connectivity index (χ1v) is 8.67. The largest absolute Gasteiger partial charge is 0.478 e. The molecule has 6 heteroatoms. The van der Waals surface area contributed by atoms with Gasteiger partial charge in [0.15, 0.2) is 0 Å². The van der Waals surface area contributed by atoms with Crippen LogP contribution < -0.4 is 4.90 Å². The Labute approximate surface area is 141 Å². The van der Waals surface area contributed by atoms with E-state index in [9.17, 15) is 9.90 Å². The Morgan fingerprint density at radius 1 is 1.33 bits per heavy atom. The van der Waals surface area contributed by atoms with Gasteiger partial charge in [0.2, 0.25) is 0 Å². The van der Waals surface area contributed by atoms with E-state index in [1.54, 1.807) is 6.20 Å². The predicted octanol–water partition coefficient (Wildman–Crippen LogP) is 2.38. The van der Waals surface area contributed by atoms with Crippen LogP contribution in [0.15, 0.2) is 24.8 Å². The smallest absolute Gasteiger partial charge is 0.339 e. The van der Waals surface area contributed by atoms with Crippen molar-refractivity contribution in [3.05, 3.63) is 41.6 Å². The molecule has 0 bridgehead atoms. The fourth-order valence-electron chi connectivity index (χ4n) is 3.96. The van der Waals surface area contributed by atoms with Crippen LogP contribution in [0.2, 0.25) is 0 Å². The van der Waals surface area contributed by atoms with Crippen molar-refractivity contribution in [2.24, 2.45) is 5.92 Å². The van der Waals surface area contributed by atoms with Gasteiger partial charge in [-0.15, -0.1) is 0 Å². The van der Waals surface area contributed by atoms with Crippen molar-refractivity contribution in [3.63, 3.8) is 0 Å². The zero-order chi connectivity index (χ0) is 16.5. The van der Waals surface area contributed by atoms with Gasteiger partial charge < -0.3 is 14.6 Å². The monoisotopic (exact) mass is 326 g/mol. The lowest BCUT2D eigenvalue weighted by atomic mass is 9.97. The second-order valence-electron chi connectivity index (χ2n) is 6.84. The number of fused-ring (bicyclic) bond motifs is 1. The highest BCUT2D eigenvalue weighted by atomic mass is 16.4. The third kappa shape index (κ3) is 2.88. The maximum absolute atomic E-state index is 11.7. The first-order chi connectivity index (χ1) is 11.7. The summed E-state index contributed by atoms with van der Waals surface area (Å²) in [6.07, 6.45) is 10.8. The minimum Gasteiger partial charge on any atom is -0.478 e. The van der Waals surface area contributed by atoms with E-state index in [2.05, 4.69) is 14.5 Å². The van der Waals surface area contributed by atoms with Gasteiger partial charge in [0.25, 0.3) is 0 Å². The molecule has 1 saturated heterocycles. The molecule has 1 aliphatic heterocycles. The third-order valence-electron chi connectivity index (χ3n) is 5.11. The fraction of sp³-hybridized carbons (Fsp3) is 0.500. The highest BCUT2D eigenvalue weighted by Gasteiger charge is 2.27. The number of carboxylic acids is 1. The van der Waals surface area contributed by atoms with Gasteiger partial charge in [-0.25, -0.2) is 14.8 Å². The first-order valence-electron chi connectivity index (χ1n) is 8.67. The minimum atomic E-state index is -0.871. The number of hydrogen-bond donors (Lipinski definition) is 1. The van der Waals surface area contributed by atoms with E-state index in [1.165, 1.54) is 0 Å². The number of aryl methyl sites for hydroxylation is 2. The summed E-state index contributed by atoms with van der Waals surface area (Å²) in [5.41, 5.74) is 2.56. The Kier molecular flexibility index (Phi) is 3.96. The molecule has 1 aliphatic carbocycles. The van der Waals surface area contributed by atoms with E-state index >= 15 is 0 Å². The molecule has 1 N–H and O–H groups in total. The van der Waals surface area contributed by atoms with Gasteiger partial charge in [0.05, 0.1) is 6.33 Å². The van der Waals surface area contributed by atoms with Crippen molar-refractivity contribution in [2.75, 3.05) is 18.0 Å². The van der Waals surface area contributed by atoms with Crippen molar-refractivity contribution >= 4 is 11.8 Å². The van der Waals surface area contributed by atoms with Crippen LogP contribution in [0.3, 0.4) is 0 Å². The standard InChI is InChI=1S/C18H22N4O2/c23-18(24)15-9-14-4-1-5-16(14)20-17(15)22-7-2-3-13(11-22)10-21-8-6-19-12-21/h6,8-9,12-13H,1-5,7,10-11H2,(H,23,24). The first kappa shape index (κ1) is 15.2. The Balaban J connectivity index is 1.59. The summed E-state index contributed by atoms with van der Waals surface area (Å²) in [5.74, 6) is 0.284. The van der Waals surface area contributed by atoms with Gasteiger partial charge in [-0.3, -0.25) is 0 Å². The molecule has 2 aromatic heterocycles. The molecular formula is C18H22N4O2. The molecule has 1 unspecified atom stereocenters. The normalized spacial score (nSPS) is 20.2. The Bertz CT molecular complexity index is 742. The highest BCUT2D eigenvalue weighted by molar-refractivity contribution is 5.93. The van der Waals surface area contributed by atoms with Crippen molar-refractivity contribution in [2.45, 2.75) is 38.6 Å². The second kappa shape index (κ2) is 6.26. The number of aromatic nitrogens is 3. The summed E-state index contributed by atoms with van der Waals surface area (Å²) in [7, 11) is 0. The third-order valence-corrected chi connectivity index (χ3v) is 5.11. The average molecular weight is 326 g/mol. The van der Waals surface area contributed by atoms with E-state index in [0.29, 0.717) is 17.3 Å². The van der Waals surface area contributed by atoms with Crippen molar-refractivity contribution in [3.8, 4) is 0 Å². The van der Waals surface area contributed by atoms with E-state index in [4.69, 9.17) is 4.98 Å². The van der Waals surface area contributed by atoms with E-state index in [-0.39, 0.29) is 0 Å². The SMILES string of the molecule is O=C(O)c1cc2c(nc1N1CCCC(Cn3ccnc3)C1)CCC2. The fourth-order valence-corrected chi connectivity index (χ4v) is 3.96. The lowest BCUT2D eigenvalue weighted by molar-refractivity contribution is 0.0697. The summed E-state index contributed by atoms with van der Waals surface area (Å²) in [6, 6.07) is 1.85. The lowest BCUT2D eigenvalue weighted by Gasteiger charge is -2.34. The molecule has 2 aromatic rings. The second-order valence-corrected chi connectivity index (χ2v) is 6.84. The maximum atomic E-state index is 11.7. The number of piperidine rings is 1. The summed E-state index contributed by atoms with van der Waals surface area (Å²) in [6.45, 7) is 2.65. The van der Waals surface area contributed by atoms with Crippen LogP contribution in [0.4, 0.5) is 5.82 Å². The molecule has 0 spiro atoms. The summed E-state index contributed by atoms with van der Waals surface area (Å²) in [4.78, 5) is 22.8. The topological polar surface area (TPSA) is 71.2 Å². The van der Waals surface area contributed by atoms with Crippen LogP contribution >= 0.6 is 0 Å². The summed E-state index contributed by atoms with van der Waals surface area (Å²) >= 11 is 0. The molecule has 2 aliphatic rings. The van der Waals surface area contributed by atoms with Gasteiger partial charge in [-0.1, -0.05) is 0 Å². The molecule has 1 fully saturated rings. The van der Waals surface area contributed by atoms with Crippen LogP contribution in [0.5, 0.6) is 0 Å².